The molecular weight excluding hydrogens is 325 g/mol. The number of hydrogen-bond donors (Lipinski definition) is 5. The van der Waals surface area contributed by atoms with E-state index in [-0.39, 0.29) is 6.42 Å². The molecule has 0 amide bonds. The molecule has 0 saturated carbocycles. The van der Waals surface area contributed by atoms with Gasteiger partial charge in [0, 0.05) is 12.3 Å². The average Bonchev–Trinajstić information content (AvgIpc) is 2.45. The number of nitrogens with two attached hydrogens (primary N) is 1. The number of aliphatic carboxylic acids is 2. The zero-order chi connectivity index (χ0) is 18.3. The molecule has 0 aliphatic carbocycles. The van der Waals surface area contributed by atoms with Crippen LogP contribution in [0, 0.1) is 0 Å². The lowest BCUT2D eigenvalue weighted by Crippen LogP contribution is -2.51. The van der Waals surface area contributed by atoms with Gasteiger partial charge in [0.25, 0.3) is 0 Å². The van der Waals surface area contributed by atoms with Crippen molar-refractivity contribution in [2.75, 3.05) is 6.16 Å². The van der Waals surface area contributed by atoms with Crippen molar-refractivity contribution in [2.24, 2.45) is 5.73 Å². The van der Waals surface area contributed by atoms with Crippen LogP contribution in [0.3, 0.4) is 0 Å². The molecular formula is C14H22NO7P. The molecule has 9 heteroatoms. The summed E-state index contributed by atoms with van der Waals surface area (Å²) in [6, 6.07) is 8.27. The number of rotatable bonds is 6. The minimum Gasteiger partial charge on any atom is -0.481 e. The highest BCUT2D eigenvalue weighted by Crippen LogP contribution is 2.43. The normalized spacial score (nSPS) is 14.8. The van der Waals surface area contributed by atoms with Crippen LogP contribution >= 0.6 is 7.60 Å². The van der Waals surface area contributed by atoms with Gasteiger partial charge in [-0.05, 0) is 12.5 Å². The zero-order valence-corrected chi connectivity index (χ0v) is 13.8. The summed E-state index contributed by atoms with van der Waals surface area (Å²) in [5.41, 5.74) is 4.45. The summed E-state index contributed by atoms with van der Waals surface area (Å²) < 4.78 is 11.1. The van der Waals surface area contributed by atoms with Crippen LogP contribution in [0.15, 0.2) is 30.3 Å². The molecule has 0 aliphatic heterocycles. The van der Waals surface area contributed by atoms with Crippen molar-refractivity contribution in [3.63, 3.8) is 0 Å². The van der Waals surface area contributed by atoms with Gasteiger partial charge in [0.05, 0.1) is 6.16 Å². The molecule has 130 valence electrons. The Bertz CT molecular complexity index is 568. The first-order valence-corrected chi connectivity index (χ1v) is 8.55. The molecule has 2 atom stereocenters. The van der Waals surface area contributed by atoms with Gasteiger partial charge >= 0.3 is 19.5 Å². The molecule has 0 saturated heterocycles. The van der Waals surface area contributed by atoms with Gasteiger partial charge in [0.2, 0.25) is 0 Å². The maximum Gasteiger partial charge on any atom is 0.326 e. The standard InChI is InChI=1S/C11H16NO5P.C3H6O2/c1-11(12,10(13)14)9(7-18(15,16)17)8-5-3-2-4-6-8;1-2-3(4)5/h2-6,9H,7,12H2,1H3,(H,13,14)(H2,15,16,17);2H2,1H3,(H,4,5)/t9?,11-;/m0./s1. The first-order valence-electron chi connectivity index (χ1n) is 6.75. The molecule has 23 heavy (non-hydrogen) atoms. The number of benzene rings is 1. The molecule has 0 aromatic heterocycles. The Hall–Kier alpha value is -1.73. The molecule has 1 unspecified atom stereocenters. The Balaban J connectivity index is 0.000000841. The fourth-order valence-corrected chi connectivity index (χ4v) is 2.78. The minimum absolute atomic E-state index is 0.222. The maximum atomic E-state index is 11.1. The van der Waals surface area contributed by atoms with Crippen LogP contribution in [-0.4, -0.2) is 43.6 Å². The lowest BCUT2D eigenvalue weighted by molar-refractivity contribution is -0.143. The highest BCUT2D eigenvalue weighted by atomic mass is 31.2. The Morgan fingerprint density at radius 3 is 1.96 bits per heavy atom. The molecule has 8 nitrogen and oxygen atoms in total. The van der Waals surface area contributed by atoms with Crippen molar-refractivity contribution in [3.05, 3.63) is 35.9 Å². The quantitative estimate of drug-likeness (QED) is 0.481. The molecule has 0 aliphatic rings. The predicted octanol–water partition coefficient (Wildman–Crippen LogP) is 1.23. The summed E-state index contributed by atoms with van der Waals surface area (Å²) in [7, 11) is -4.37. The highest BCUT2D eigenvalue weighted by molar-refractivity contribution is 7.51. The van der Waals surface area contributed by atoms with Crippen molar-refractivity contribution in [2.45, 2.75) is 31.7 Å². The van der Waals surface area contributed by atoms with E-state index in [0.717, 1.165) is 0 Å². The monoisotopic (exact) mass is 347 g/mol. The summed E-state index contributed by atoms with van der Waals surface area (Å²) in [5, 5.41) is 16.8. The van der Waals surface area contributed by atoms with Gasteiger partial charge in [-0.15, -0.1) is 0 Å². The van der Waals surface area contributed by atoms with Crippen molar-refractivity contribution in [1.82, 2.24) is 0 Å². The molecule has 1 aromatic carbocycles. The van der Waals surface area contributed by atoms with Gasteiger partial charge in [-0.2, -0.15) is 0 Å². The molecule has 0 heterocycles. The van der Waals surface area contributed by atoms with Gasteiger partial charge in [-0.25, -0.2) is 0 Å². The minimum atomic E-state index is -4.37. The van der Waals surface area contributed by atoms with E-state index >= 15 is 0 Å². The van der Waals surface area contributed by atoms with Gasteiger partial charge in [-0.3, -0.25) is 14.2 Å². The Kier molecular flexibility index (Phi) is 8.12. The number of carboxylic acid groups (broad SMARTS) is 2. The molecule has 0 spiro atoms. The summed E-state index contributed by atoms with van der Waals surface area (Å²) in [6.07, 6.45) is -0.379. The predicted molar refractivity (Wildman–Crippen MR) is 84.2 cm³/mol. The van der Waals surface area contributed by atoms with Crippen LogP contribution in [-0.2, 0) is 14.2 Å². The molecule has 6 N–H and O–H groups in total. The third kappa shape index (κ3) is 7.90. The third-order valence-corrected chi connectivity index (χ3v) is 3.95. The lowest BCUT2D eigenvalue weighted by atomic mass is 9.82. The van der Waals surface area contributed by atoms with E-state index in [1.165, 1.54) is 6.92 Å². The van der Waals surface area contributed by atoms with Crippen LogP contribution < -0.4 is 5.73 Å². The summed E-state index contributed by atoms with van der Waals surface area (Å²) in [4.78, 5) is 38.6. The van der Waals surface area contributed by atoms with E-state index in [9.17, 15) is 14.2 Å². The van der Waals surface area contributed by atoms with E-state index in [1.807, 2.05) is 0 Å². The summed E-state index contributed by atoms with van der Waals surface area (Å²) >= 11 is 0. The van der Waals surface area contributed by atoms with E-state index in [0.29, 0.717) is 5.56 Å². The number of carboxylic acids is 2. The van der Waals surface area contributed by atoms with Crippen LogP contribution in [0.1, 0.15) is 31.7 Å². The van der Waals surface area contributed by atoms with Crippen molar-refractivity contribution < 1.29 is 34.2 Å². The van der Waals surface area contributed by atoms with Gasteiger partial charge < -0.3 is 25.7 Å². The first-order chi connectivity index (χ1) is 10.4. The van der Waals surface area contributed by atoms with Gasteiger partial charge in [0.15, 0.2) is 0 Å². The Morgan fingerprint density at radius 2 is 1.65 bits per heavy atom. The van der Waals surface area contributed by atoms with Crippen LogP contribution in [0.5, 0.6) is 0 Å². The summed E-state index contributed by atoms with van der Waals surface area (Å²) in [5.74, 6) is -3.01. The highest BCUT2D eigenvalue weighted by Gasteiger charge is 2.41. The molecule has 0 fully saturated rings. The second-order valence-electron chi connectivity index (χ2n) is 5.15. The van der Waals surface area contributed by atoms with Crippen LogP contribution in [0.25, 0.3) is 0 Å². The van der Waals surface area contributed by atoms with E-state index in [2.05, 4.69) is 0 Å². The molecule has 1 aromatic rings. The second kappa shape index (κ2) is 8.79. The van der Waals surface area contributed by atoms with Crippen LogP contribution in [0.2, 0.25) is 0 Å². The fourth-order valence-electron chi connectivity index (χ4n) is 1.71. The fraction of sp³-hybridized carbons (Fsp3) is 0.429. The molecule has 0 bridgehead atoms. The third-order valence-electron chi connectivity index (χ3n) is 3.11. The summed E-state index contributed by atoms with van der Waals surface area (Å²) in [6.45, 7) is 2.85. The molecule has 1 rings (SSSR count). The zero-order valence-electron chi connectivity index (χ0n) is 12.9. The van der Waals surface area contributed by atoms with Crippen molar-refractivity contribution >= 4 is 19.5 Å². The van der Waals surface area contributed by atoms with Crippen molar-refractivity contribution in [1.29, 1.82) is 0 Å². The van der Waals surface area contributed by atoms with Crippen molar-refractivity contribution in [3.8, 4) is 0 Å². The largest absolute Gasteiger partial charge is 0.481 e. The maximum absolute atomic E-state index is 11.1. The van der Waals surface area contributed by atoms with E-state index in [1.54, 1.807) is 37.3 Å². The topological polar surface area (TPSA) is 158 Å². The van der Waals surface area contributed by atoms with E-state index < -0.39 is 37.2 Å². The molecule has 0 radical (unpaired) electrons. The van der Waals surface area contributed by atoms with Crippen LogP contribution in [0.4, 0.5) is 0 Å². The number of carbonyl (C=O) groups is 2. The SMILES string of the molecule is CCC(=O)O.C[C@@](N)(C(=O)O)C(CP(=O)(O)O)c1ccccc1. The average molecular weight is 347 g/mol. The first kappa shape index (κ1) is 21.3. The van der Waals surface area contributed by atoms with E-state index in [4.69, 9.17) is 25.7 Å². The number of hydrogen-bond acceptors (Lipinski definition) is 4. The smallest absolute Gasteiger partial charge is 0.326 e. The second-order valence-corrected chi connectivity index (χ2v) is 6.84. The lowest BCUT2D eigenvalue weighted by Gasteiger charge is -2.30. The van der Waals surface area contributed by atoms with Gasteiger partial charge in [-0.1, -0.05) is 37.3 Å². The Labute approximate surface area is 134 Å². The Morgan fingerprint density at radius 1 is 1.22 bits per heavy atom. The van der Waals surface area contributed by atoms with Gasteiger partial charge in [0.1, 0.15) is 5.54 Å².